The van der Waals surface area contributed by atoms with E-state index in [4.69, 9.17) is 5.11 Å². The molecule has 4 heteroatoms. The van der Waals surface area contributed by atoms with Crippen LogP contribution in [0.25, 0.3) is 0 Å². The zero-order valence-electron chi connectivity index (χ0n) is 6.46. The van der Waals surface area contributed by atoms with Gasteiger partial charge in [-0.1, -0.05) is 6.92 Å². The van der Waals surface area contributed by atoms with Crippen LogP contribution in [0.5, 0.6) is 0 Å². The fourth-order valence-electron chi connectivity index (χ4n) is 0.484. The highest BCUT2D eigenvalue weighted by Crippen LogP contribution is 1.86. The van der Waals surface area contributed by atoms with Crippen LogP contribution in [0.4, 0.5) is 0 Å². The van der Waals surface area contributed by atoms with E-state index < -0.39 is 11.0 Å². The molecule has 0 aliphatic rings. The number of hydrogen-bond acceptors (Lipinski definition) is 2. The lowest BCUT2D eigenvalue weighted by Crippen LogP contribution is -2.22. The van der Waals surface area contributed by atoms with Crippen molar-refractivity contribution < 1.29 is 9.32 Å². The van der Waals surface area contributed by atoms with E-state index >= 15 is 0 Å². The molecular weight excluding hydrogens is 150 g/mol. The molecule has 0 aromatic rings. The highest BCUT2D eigenvalue weighted by atomic mass is 32.2. The van der Waals surface area contributed by atoms with Gasteiger partial charge in [-0.2, -0.15) is 0 Å². The summed E-state index contributed by atoms with van der Waals surface area (Å²) in [6.07, 6.45) is 0.354. The average molecular weight is 165 g/mol. The van der Waals surface area contributed by atoms with E-state index in [2.05, 4.69) is 4.72 Å². The van der Waals surface area contributed by atoms with Crippen LogP contribution in [0.2, 0.25) is 0 Å². The van der Waals surface area contributed by atoms with Crippen LogP contribution in [0, 0.1) is 0 Å². The van der Waals surface area contributed by atoms with Gasteiger partial charge < -0.3 is 5.11 Å². The molecule has 0 saturated heterocycles. The molecule has 0 aromatic heterocycles. The largest absolute Gasteiger partial charge is 0.393 e. The second kappa shape index (κ2) is 5.82. The van der Waals surface area contributed by atoms with E-state index in [0.29, 0.717) is 18.7 Å². The molecule has 0 fully saturated rings. The molecule has 0 aliphatic heterocycles. The molecule has 0 saturated carbocycles. The molecular formula is C6H15NO2S. The van der Waals surface area contributed by atoms with E-state index in [1.165, 1.54) is 0 Å². The van der Waals surface area contributed by atoms with Gasteiger partial charge in [0, 0.05) is 12.3 Å². The van der Waals surface area contributed by atoms with Gasteiger partial charge in [-0.3, -0.25) is 0 Å². The highest BCUT2D eigenvalue weighted by molar-refractivity contribution is 7.82. The van der Waals surface area contributed by atoms with Crippen molar-refractivity contribution in [2.75, 3.05) is 12.3 Å². The topological polar surface area (TPSA) is 49.3 Å². The minimum atomic E-state index is -0.905. The maximum absolute atomic E-state index is 10.7. The second-order valence-electron chi connectivity index (χ2n) is 2.17. The lowest BCUT2D eigenvalue weighted by molar-refractivity contribution is 0.186. The summed E-state index contributed by atoms with van der Waals surface area (Å²) in [5, 5.41) is 8.80. The van der Waals surface area contributed by atoms with Crippen molar-refractivity contribution in [2.24, 2.45) is 0 Å². The predicted molar refractivity (Wildman–Crippen MR) is 43.0 cm³/mol. The van der Waals surface area contributed by atoms with Crippen molar-refractivity contribution in [3.05, 3.63) is 0 Å². The highest BCUT2D eigenvalue weighted by Gasteiger charge is 1.96. The van der Waals surface area contributed by atoms with E-state index in [9.17, 15) is 4.21 Å². The summed E-state index contributed by atoms with van der Waals surface area (Å²) in [5.41, 5.74) is 0. The summed E-state index contributed by atoms with van der Waals surface area (Å²) in [5.74, 6) is 0.625. The molecule has 0 bridgehead atoms. The van der Waals surface area contributed by atoms with Crippen LogP contribution in [0.15, 0.2) is 0 Å². The first-order valence-corrected chi connectivity index (χ1v) is 4.78. The Morgan fingerprint density at radius 1 is 1.70 bits per heavy atom. The minimum absolute atomic E-state index is 0.304. The molecule has 0 rings (SSSR count). The Balaban J connectivity index is 3.12. The predicted octanol–water partition coefficient (Wildman–Crippen LogP) is 0.0305. The normalized spacial score (nSPS) is 16.7. The maximum Gasteiger partial charge on any atom is 0.0912 e. The Morgan fingerprint density at radius 2 is 2.30 bits per heavy atom. The smallest absolute Gasteiger partial charge is 0.0912 e. The molecule has 2 atom stereocenters. The number of aliphatic hydroxyl groups excluding tert-OH is 1. The third kappa shape index (κ3) is 6.19. The Kier molecular flexibility index (Phi) is 5.87. The van der Waals surface area contributed by atoms with Crippen LogP contribution in [-0.2, 0) is 11.0 Å². The van der Waals surface area contributed by atoms with Crippen molar-refractivity contribution in [2.45, 2.75) is 26.4 Å². The van der Waals surface area contributed by atoms with Gasteiger partial charge in [0.2, 0.25) is 0 Å². The van der Waals surface area contributed by atoms with Gasteiger partial charge in [0.05, 0.1) is 17.1 Å². The molecule has 0 heterocycles. The molecule has 0 aromatic carbocycles. The standard InChI is InChI=1S/C6H15NO2S/c1-3-10(9)7-5-4-6(2)8/h6-8H,3-5H2,1-2H3. The number of nitrogens with one attached hydrogen (secondary N) is 1. The van der Waals surface area contributed by atoms with Crippen molar-refractivity contribution in [3.8, 4) is 0 Å². The minimum Gasteiger partial charge on any atom is -0.393 e. The van der Waals surface area contributed by atoms with E-state index in [-0.39, 0.29) is 6.10 Å². The molecule has 2 N–H and O–H groups in total. The van der Waals surface area contributed by atoms with Crippen molar-refractivity contribution in [1.29, 1.82) is 0 Å². The van der Waals surface area contributed by atoms with Gasteiger partial charge in [-0.15, -0.1) is 0 Å². The van der Waals surface area contributed by atoms with Crippen molar-refractivity contribution in [3.63, 3.8) is 0 Å². The molecule has 0 spiro atoms. The zero-order valence-corrected chi connectivity index (χ0v) is 7.28. The summed E-state index contributed by atoms with van der Waals surface area (Å²) in [6, 6.07) is 0. The fourth-order valence-corrected chi connectivity index (χ4v) is 1.03. The SMILES string of the molecule is CCS(=O)NCCC(C)O. The van der Waals surface area contributed by atoms with Gasteiger partial charge >= 0.3 is 0 Å². The molecule has 0 aliphatic carbocycles. The second-order valence-corrected chi connectivity index (χ2v) is 3.72. The monoisotopic (exact) mass is 165 g/mol. The van der Waals surface area contributed by atoms with Gasteiger partial charge in [-0.05, 0) is 13.3 Å². The Morgan fingerprint density at radius 3 is 2.70 bits per heavy atom. The first-order chi connectivity index (χ1) is 4.66. The number of rotatable bonds is 5. The van der Waals surface area contributed by atoms with Gasteiger partial charge in [0.25, 0.3) is 0 Å². The first kappa shape index (κ1) is 10.1. The third-order valence-electron chi connectivity index (χ3n) is 1.09. The summed E-state index contributed by atoms with van der Waals surface area (Å²) < 4.78 is 13.5. The van der Waals surface area contributed by atoms with E-state index in [0.717, 1.165) is 0 Å². The van der Waals surface area contributed by atoms with Crippen LogP contribution < -0.4 is 4.72 Å². The lowest BCUT2D eigenvalue weighted by Gasteiger charge is -2.03. The molecule has 62 valence electrons. The maximum atomic E-state index is 10.7. The summed E-state index contributed by atoms with van der Waals surface area (Å²) >= 11 is 0. The van der Waals surface area contributed by atoms with Crippen molar-refractivity contribution in [1.82, 2.24) is 4.72 Å². The molecule has 2 unspecified atom stereocenters. The molecule has 3 nitrogen and oxygen atoms in total. The Bertz CT molecular complexity index is 106. The quantitative estimate of drug-likeness (QED) is 0.604. The van der Waals surface area contributed by atoms with Crippen LogP contribution in [-0.4, -0.2) is 27.7 Å². The lowest BCUT2D eigenvalue weighted by atomic mass is 10.3. The third-order valence-corrected chi connectivity index (χ3v) is 2.14. The molecule has 10 heavy (non-hydrogen) atoms. The average Bonchev–Trinajstić information content (AvgIpc) is 1.87. The number of hydrogen-bond donors (Lipinski definition) is 2. The van der Waals surface area contributed by atoms with E-state index in [1.54, 1.807) is 6.92 Å². The van der Waals surface area contributed by atoms with Gasteiger partial charge in [-0.25, -0.2) is 8.93 Å². The van der Waals surface area contributed by atoms with Crippen molar-refractivity contribution >= 4 is 11.0 Å². The summed E-state index contributed by atoms with van der Waals surface area (Å²) in [7, 11) is -0.905. The van der Waals surface area contributed by atoms with E-state index in [1.807, 2.05) is 6.92 Å². The van der Waals surface area contributed by atoms with Gasteiger partial charge in [0.15, 0.2) is 0 Å². The first-order valence-electron chi connectivity index (χ1n) is 3.46. The molecule has 0 amide bonds. The van der Waals surface area contributed by atoms with Gasteiger partial charge in [0.1, 0.15) is 0 Å². The van der Waals surface area contributed by atoms with Crippen LogP contribution in [0.3, 0.4) is 0 Å². The Hall–Kier alpha value is 0.0700. The Labute approximate surface area is 64.4 Å². The zero-order chi connectivity index (χ0) is 7.98. The number of aliphatic hydroxyl groups is 1. The molecule has 0 radical (unpaired) electrons. The fraction of sp³-hybridized carbons (Fsp3) is 1.00. The summed E-state index contributed by atoms with van der Waals surface area (Å²) in [6.45, 7) is 4.19. The summed E-state index contributed by atoms with van der Waals surface area (Å²) in [4.78, 5) is 0. The van der Waals surface area contributed by atoms with Crippen LogP contribution >= 0.6 is 0 Å². The van der Waals surface area contributed by atoms with Crippen LogP contribution in [0.1, 0.15) is 20.3 Å².